The van der Waals surface area contributed by atoms with E-state index in [9.17, 15) is 18.0 Å². The Hall–Kier alpha value is -2.30. The van der Waals surface area contributed by atoms with Crippen LogP contribution >= 0.6 is 23.4 Å². The molecule has 8 nitrogen and oxygen atoms in total. The monoisotopic (exact) mass is 495 g/mol. The van der Waals surface area contributed by atoms with Crippen LogP contribution in [-0.2, 0) is 21.2 Å². The number of hydrogen-bond donors (Lipinski definition) is 0. The standard InChI is InChI=1S/C21H22ClN3O5S2/c1-2-24(15-7-9-32(28,29)13-15)19(26)12-31-21-23-18-10-14(22)5-6-17(18)20(27)25(21)11-16-4-3-8-30-16/h3-6,8,10,15H,2,7,9,11-13H2,1H3/t15-/m0/s1. The predicted molar refractivity (Wildman–Crippen MR) is 124 cm³/mol. The second kappa shape index (κ2) is 9.29. The number of rotatable bonds is 7. The van der Waals surface area contributed by atoms with Crippen molar-refractivity contribution in [2.24, 2.45) is 0 Å². The Morgan fingerprint density at radius 1 is 1.38 bits per heavy atom. The van der Waals surface area contributed by atoms with Gasteiger partial charge in [-0.15, -0.1) is 0 Å². The van der Waals surface area contributed by atoms with Crippen molar-refractivity contribution < 1.29 is 17.6 Å². The van der Waals surface area contributed by atoms with Crippen LogP contribution in [0.4, 0.5) is 0 Å². The molecule has 3 aromatic rings. The zero-order valence-electron chi connectivity index (χ0n) is 17.4. The van der Waals surface area contributed by atoms with Crippen LogP contribution in [0.15, 0.2) is 51.0 Å². The van der Waals surface area contributed by atoms with E-state index in [4.69, 9.17) is 16.0 Å². The van der Waals surface area contributed by atoms with Crippen molar-refractivity contribution in [2.75, 3.05) is 23.8 Å². The molecule has 1 aliphatic rings. The number of aromatic nitrogens is 2. The molecule has 0 radical (unpaired) electrons. The summed E-state index contributed by atoms with van der Waals surface area (Å²) in [4.78, 5) is 32.3. The van der Waals surface area contributed by atoms with Gasteiger partial charge < -0.3 is 9.32 Å². The molecular weight excluding hydrogens is 474 g/mol. The molecule has 170 valence electrons. The highest BCUT2D eigenvalue weighted by Gasteiger charge is 2.34. The molecule has 1 amide bonds. The molecule has 0 saturated carbocycles. The molecule has 0 bridgehead atoms. The zero-order valence-corrected chi connectivity index (χ0v) is 19.8. The summed E-state index contributed by atoms with van der Waals surface area (Å²) < 4.78 is 30.5. The first-order valence-corrected chi connectivity index (χ1v) is 13.3. The first-order valence-electron chi connectivity index (χ1n) is 10.1. The van der Waals surface area contributed by atoms with Crippen molar-refractivity contribution in [2.45, 2.75) is 31.1 Å². The van der Waals surface area contributed by atoms with Crippen LogP contribution in [0.5, 0.6) is 0 Å². The molecule has 32 heavy (non-hydrogen) atoms. The third-order valence-electron chi connectivity index (χ3n) is 5.41. The van der Waals surface area contributed by atoms with Crippen molar-refractivity contribution in [3.63, 3.8) is 0 Å². The van der Waals surface area contributed by atoms with Crippen LogP contribution in [0.2, 0.25) is 5.02 Å². The van der Waals surface area contributed by atoms with Gasteiger partial charge in [0.1, 0.15) is 5.76 Å². The minimum absolute atomic E-state index is 0.00677. The van der Waals surface area contributed by atoms with Crippen LogP contribution in [0, 0.1) is 0 Å². The van der Waals surface area contributed by atoms with E-state index in [-0.39, 0.29) is 41.3 Å². The zero-order chi connectivity index (χ0) is 22.9. The fraction of sp³-hybridized carbons (Fsp3) is 0.381. The summed E-state index contributed by atoms with van der Waals surface area (Å²) in [6, 6.07) is 8.06. The Bertz CT molecular complexity index is 1300. The number of amides is 1. The number of carbonyl (C=O) groups excluding carboxylic acids is 1. The smallest absolute Gasteiger partial charge is 0.262 e. The van der Waals surface area contributed by atoms with Gasteiger partial charge in [-0.05, 0) is 43.7 Å². The van der Waals surface area contributed by atoms with Gasteiger partial charge in [-0.25, -0.2) is 13.4 Å². The first-order chi connectivity index (χ1) is 15.3. The number of furan rings is 1. The molecule has 3 heterocycles. The van der Waals surface area contributed by atoms with Crippen molar-refractivity contribution in [1.29, 1.82) is 0 Å². The molecule has 0 spiro atoms. The SMILES string of the molecule is CCN(C(=O)CSc1nc2cc(Cl)ccc2c(=O)n1Cc1ccco1)[C@H]1CCS(=O)(=O)C1. The third-order valence-corrected chi connectivity index (χ3v) is 8.36. The number of hydrogen-bond acceptors (Lipinski definition) is 7. The Morgan fingerprint density at radius 3 is 2.84 bits per heavy atom. The van der Waals surface area contributed by atoms with Crippen LogP contribution in [-0.4, -0.2) is 58.6 Å². The van der Waals surface area contributed by atoms with E-state index in [1.54, 1.807) is 35.2 Å². The second-order valence-corrected chi connectivity index (χ2v) is 11.2. The Labute approximate surface area is 194 Å². The van der Waals surface area contributed by atoms with Gasteiger partial charge in [0.15, 0.2) is 15.0 Å². The van der Waals surface area contributed by atoms with Gasteiger partial charge in [0.25, 0.3) is 5.56 Å². The second-order valence-electron chi connectivity index (χ2n) is 7.55. The summed E-state index contributed by atoms with van der Waals surface area (Å²) in [6.07, 6.45) is 1.97. The van der Waals surface area contributed by atoms with Crippen molar-refractivity contribution >= 4 is 50.0 Å². The number of thioether (sulfide) groups is 1. The van der Waals surface area contributed by atoms with Gasteiger partial charge in [0.05, 0.1) is 41.0 Å². The molecule has 11 heteroatoms. The minimum atomic E-state index is -3.10. The average molecular weight is 496 g/mol. The van der Waals surface area contributed by atoms with Gasteiger partial charge in [0, 0.05) is 17.6 Å². The molecule has 2 aromatic heterocycles. The Balaban J connectivity index is 1.62. The average Bonchev–Trinajstić information content (AvgIpc) is 3.38. The van der Waals surface area contributed by atoms with Crippen LogP contribution in [0.3, 0.4) is 0 Å². The van der Waals surface area contributed by atoms with Crippen molar-refractivity contribution in [1.82, 2.24) is 14.5 Å². The highest BCUT2D eigenvalue weighted by atomic mass is 35.5. The number of sulfone groups is 1. The molecule has 1 saturated heterocycles. The number of carbonyl (C=O) groups is 1. The van der Waals surface area contributed by atoms with E-state index < -0.39 is 9.84 Å². The van der Waals surface area contributed by atoms with E-state index in [0.29, 0.717) is 39.8 Å². The number of halogens is 1. The van der Waals surface area contributed by atoms with E-state index in [1.165, 1.54) is 10.8 Å². The van der Waals surface area contributed by atoms with E-state index in [1.807, 2.05) is 6.92 Å². The van der Waals surface area contributed by atoms with E-state index in [0.717, 1.165) is 11.8 Å². The van der Waals surface area contributed by atoms with E-state index >= 15 is 0 Å². The molecule has 1 fully saturated rings. The predicted octanol–water partition coefficient (Wildman–Crippen LogP) is 2.82. The maximum absolute atomic E-state index is 13.2. The quantitative estimate of drug-likeness (QED) is 0.367. The van der Waals surface area contributed by atoms with Gasteiger partial charge in [0.2, 0.25) is 5.91 Å². The van der Waals surface area contributed by atoms with E-state index in [2.05, 4.69) is 4.98 Å². The molecule has 0 unspecified atom stereocenters. The Morgan fingerprint density at radius 2 is 2.19 bits per heavy atom. The number of benzene rings is 1. The number of fused-ring (bicyclic) bond motifs is 1. The third kappa shape index (κ3) is 4.87. The van der Waals surface area contributed by atoms with Crippen LogP contribution < -0.4 is 5.56 Å². The largest absolute Gasteiger partial charge is 0.467 e. The summed E-state index contributed by atoms with van der Waals surface area (Å²) in [7, 11) is -3.10. The summed E-state index contributed by atoms with van der Waals surface area (Å²) >= 11 is 7.22. The molecule has 1 atom stereocenters. The molecule has 4 rings (SSSR count). The van der Waals surface area contributed by atoms with Crippen molar-refractivity contribution in [3.05, 3.63) is 57.7 Å². The van der Waals surface area contributed by atoms with Crippen LogP contribution in [0.25, 0.3) is 10.9 Å². The normalized spacial score (nSPS) is 17.6. The maximum atomic E-state index is 13.2. The summed E-state index contributed by atoms with van der Waals surface area (Å²) in [5, 5.41) is 1.24. The Kier molecular flexibility index (Phi) is 6.64. The molecule has 0 aliphatic carbocycles. The van der Waals surface area contributed by atoms with Gasteiger partial charge >= 0.3 is 0 Å². The fourth-order valence-electron chi connectivity index (χ4n) is 3.85. The van der Waals surface area contributed by atoms with Gasteiger partial charge in [-0.3, -0.25) is 14.2 Å². The molecule has 1 aliphatic heterocycles. The summed E-state index contributed by atoms with van der Waals surface area (Å²) in [6.45, 7) is 2.42. The van der Waals surface area contributed by atoms with Gasteiger partial charge in [-0.1, -0.05) is 23.4 Å². The molecule has 0 N–H and O–H groups in total. The van der Waals surface area contributed by atoms with Crippen LogP contribution in [0.1, 0.15) is 19.1 Å². The maximum Gasteiger partial charge on any atom is 0.262 e. The van der Waals surface area contributed by atoms with Crippen molar-refractivity contribution in [3.8, 4) is 0 Å². The lowest BCUT2D eigenvalue weighted by Gasteiger charge is -2.26. The minimum Gasteiger partial charge on any atom is -0.467 e. The molecule has 1 aromatic carbocycles. The highest BCUT2D eigenvalue weighted by Crippen LogP contribution is 2.23. The first kappa shape index (κ1) is 22.9. The topological polar surface area (TPSA) is 102 Å². The fourth-order valence-corrected chi connectivity index (χ4v) is 6.63. The lowest BCUT2D eigenvalue weighted by molar-refractivity contribution is -0.129. The highest BCUT2D eigenvalue weighted by molar-refractivity contribution is 7.99. The molecular formula is C21H22ClN3O5S2. The lowest BCUT2D eigenvalue weighted by atomic mass is 10.2. The summed E-state index contributed by atoms with van der Waals surface area (Å²) in [5.41, 5.74) is 0.189. The van der Waals surface area contributed by atoms with Gasteiger partial charge in [-0.2, -0.15) is 0 Å². The lowest BCUT2D eigenvalue weighted by Crippen LogP contribution is -2.42. The summed E-state index contributed by atoms with van der Waals surface area (Å²) in [5.74, 6) is 0.518. The number of nitrogens with zero attached hydrogens (tertiary/aromatic N) is 3.